The lowest BCUT2D eigenvalue weighted by Gasteiger charge is -2.42. The summed E-state index contributed by atoms with van der Waals surface area (Å²) in [6.07, 6.45) is 2.16. The Balaban J connectivity index is 1.36. The van der Waals surface area contributed by atoms with E-state index in [1.54, 1.807) is 17.8 Å². The van der Waals surface area contributed by atoms with E-state index < -0.39 is 0 Å². The van der Waals surface area contributed by atoms with Crippen LogP contribution in [0.1, 0.15) is 31.4 Å². The van der Waals surface area contributed by atoms with E-state index in [-0.39, 0.29) is 11.5 Å². The lowest BCUT2D eigenvalue weighted by atomic mass is 9.83. The Morgan fingerprint density at radius 1 is 1.37 bits per heavy atom. The second-order valence-corrected chi connectivity index (χ2v) is 8.98. The van der Waals surface area contributed by atoms with Crippen molar-refractivity contribution in [2.24, 2.45) is 5.92 Å². The van der Waals surface area contributed by atoms with Crippen molar-refractivity contribution in [1.82, 2.24) is 18.8 Å². The Hall–Kier alpha value is -1.71. The SMILES string of the molecule is CCCSc1nsc(NC(=O)CN2CC3CC(C2)c2cccc(=O)n2C3)n1. The highest BCUT2D eigenvalue weighted by Gasteiger charge is 2.34. The fourth-order valence-electron chi connectivity index (χ4n) is 4.00. The molecule has 2 aliphatic rings. The molecule has 9 heteroatoms. The van der Waals surface area contributed by atoms with Gasteiger partial charge >= 0.3 is 0 Å². The summed E-state index contributed by atoms with van der Waals surface area (Å²) in [5.41, 5.74) is 1.19. The van der Waals surface area contributed by atoms with Gasteiger partial charge in [0.05, 0.1) is 6.54 Å². The number of rotatable bonds is 6. The molecule has 7 nitrogen and oxygen atoms in total. The fourth-order valence-corrected chi connectivity index (χ4v) is 5.41. The predicted octanol–water partition coefficient (Wildman–Crippen LogP) is 2.26. The van der Waals surface area contributed by atoms with Gasteiger partial charge in [-0.25, -0.2) is 0 Å². The zero-order chi connectivity index (χ0) is 18.8. The second kappa shape index (κ2) is 8.12. The molecule has 2 bridgehead atoms. The van der Waals surface area contributed by atoms with Crippen molar-refractivity contribution in [3.8, 4) is 0 Å². The molecule has 2 atom stereocenters. The van der Waals surface area contributed by atoms with E-state index in [0.717, 1.165) is 49.1 Å². The molecule has 144 valence electrons. The van der Waals surface area contributed by atoms with E-state index in [9.17, 15) is 9.59 Å². The van der Waals surface area contributed by atoms with Crippen LogP contribution in [0.15, 0.2) is 28.2 Å². The molecule has 2 aliphatic heterocycles. The third kappa shape index (κ3) is 4.25. The molecule has 0 aliphatic carbocycles. The number of piperidine rings is 1. The highest BCUT2D eigenvalue weighted by molar-refractivity contribution is 7.99. The molecule has 0 spiro atoms. The molecule has 4 heterocycles. The number of likely N-dealkylation sites (tertiary alicyclic amines) is 1. The number of amides is 1. The molecule has 4 rings (SSSR count). The van der Waals surface area contributed by atoms with Crippen LogP contribution in [0.4, 0.5) is 5.13 Å². The molecular formula is C18H23N5O2S2. The number of carbonyl (C=O) groups is 1. The maximum Gasteiger partial charge on any atom is 0.250 e. The van der Waals surface area contributed by atoms with Crippen LogP contribution in [0.25, 0.3) is 0 Å². The summed E-state index contributed by atoms with van der Waals surface area (Å²) in [6, 6.07) is 5.51. The number of fused-ring (bicyclic) bond motifs is 4. The summed E-state index contributed by atoms with van der Waals surface area (Å²) < 4.78 is 6.18. The first-order valence-corrected chi connectivity index (χ1v) is 11.1. The van der Waals surface area contributed by atoms with Crippen molar-refractivity contribution < 1.29 is 4.79 Å². The molecule has 1 fully saturated rings. The number of hydrogen-bond donors (Lipinski definition) is 1. The van der Waals surface area contributed by atoms with E-state index in [0.29, 0.717) is 23.5 Å². The highest BCUT2D eigenvalue weighted by Crippen LogP contribution is 2.34. The van der Waals surface area contributed by atoms with Crippen molar-refractivity contribution in [3.63, 3.8) is 0 Å². The minimum atomic E-state index is -0.0522. The smallest absolute Gasteiger partial charge is 0.250 e. The quantitative estimate of drug-likeness (QED) is 0.743. The van der Waals surface area contributed by atoms with Crippen LogP contribution in [0.2, 0.25) is 0 Å². The summed E-state index contributed by atoms with van der Waals surface area (Å²) in [5, 5.41) is 4.17. The third-order valence-electron chi connectivity index (χ3n) is 5.01. The first kappa shape index (κ1) is 18.6. The molecule has 2 aromatic rings. The van der Waals surface area contributed by atoms with Crippen LogP contribution in [-0.4, -0.2) is 50.1 Å². The van der Waals surface area contributed by atoms with Gasteiger partial charge in [-0.1, -0.05) is 24.8 Å². The second-order valence-electron chi connectivity index (χ2n) is 7.17. The van der Waals surface area contributed by atoms with Gasteiger partial charge in [-0.15, -0.1) is 0 Å². The van der Waals surface area contributed by atoms with Crippen molar-refractivity contribution in [2.75, 3.05) is 30.7 Å². The van der Waals surface area contributed by atoms with Gasteiger partial charge in [-0.2, -0.15) is 9.36 Å². The van der Waals surface area contributed by atoms with Crippen molar-refractivity contribution >= 4 is 34.3 Å². The number of thioether (sulfide) groups is 1. The van der Waals surface area contributed by atoms with Gasteiger partial charge in [0.2, 0.25) is 16.2 Å². The normalized spacial score (nSPS) is 21.7. The predicted molar refractivity (Wildman–Crippen MR) is 108 cm³/mol. The number of nitrogens with one attached hydrogen (secondary N) is 1. The Morgan fingerprint density at radius 3 is 3.11 bits per heavy atom. The fraction of sp³-hybridized carbons (Fsp3) is 0.556. The molecule has 27 heavy (non-hydrogen) atoms. The number of anilines is 1. The molecular weight excluding hydrogens is 382 g/mol. The number of aromatic nitrogens is 3. The molecule has 0 aromatic carbocycles. The summed E-state index contributed by atoms with van der Waals surface area (Å²) in [6.45, 7) is 4.86. The maximum absolute atomic E-state index is 12.4. The van der Waals surface area contributed by atoms with Crippen LogP contribution in [0.3, 0.4) is 0 Å². The van der Waals surface area contributed by atoms with Crippen LogP contribution < -0.4 is 10.9 Å². The molecule has 0 radical (unpaired) electrons. The Morgan fingerprint density at radius 2 is 2.26 bits per heavy atom. The van der Waals surface area contributed by atoms with E-state index >= 15 is 0 Å². The minimum absolute atomic E-state index is 0.0522. The Kier molecular flexibility index (Phi) is 5.60. The number of pyridine rings is 1. The van der Waals surface area contributed by atoms with Crippen LogP contribution >= 0.6 is 23.3 Å². The largest absolute Gasteiger partial charge is 0.312 e. The molecule has 1 amide bonds. The van der Waals surface area contributed by atoms with Gasteiger partial charge in [0.25, 0.3) is 5.56 Å². The Labute approximate surface area is 166 Å². The first-order chi connectivity index (χ1) is 13.1. The zero-order valence-corrected chi connectivity index (χ0v) is 16.9. The van der Waals surface area contributed by atoms with E-state index in [2.05, 4.69) is 26.5 Å². The van der Waals surface area contributed by atoms with E-state index in [1.165, 1.54) is 11.5 Å². The average Bonchev–Trinajstić information content (AvgIpc) is 3.08. The topological polar surface area (TPSA) is 80.1 Å². The van der Waals surface area contributed by atoms with Crippen molar-refractivity contribution in [3.05, 3.63) is 34.2 Å². The first-order valence-electron chi connectivity index (χ1n) is 9.31. The molecule has 0 saturated carbocycles. The van der Waals surface area contributed by atoms with Gasteiger partial charge in [0.1, 0.15) is 0 Å². The lowest BCUT2D eigenvalue weighted by molar-refractivity contribution is -0.117. The monoisotopic (exact) mass is 405 g/mol. The summed E-state index contributed by atoms with van der Waals surface area (Å²) in [4.78, 5) is 31.1. The van der Waals surface area contributed by atoms with Gasteiger partial charge in [0, 0.05) is 54.6 Å². The van der Waals surface area contributed by atoms with Crippen molar-refractivity contribution in [2.45, 2.75) is 37.4 Å². The van der Waals surface area contributed by atoms with Gasteiger partial charge in [-0.05, 0) is 24.8 Å². The molecule has 1 N–H and O–H groups in total. The van der Waals surface area contributed by atoms with Gasteiger partial charge in [-0.3, -0.25) is 19.8 Å². The number of nitrogens with zero attached hydrogens (tertiary/aromatic N) is 4. The van der Waals surface area contributed by atoms with E-state index in [1.807, 2.05) is 16.7 Å². The summed E-state index contributed by atoms with van der Waals surface area (Å²) >= 11 is 2.84. The van der Waals surface area contributed by atoms with Crippen LogP contribution in [-0.2, 0) is 11.3 Å². The Bertz CT molecular complexity index is 881. The molecule has 2 unspecified atom stereocenters. The lowest BCUT2D eigenvalue weighted by Crippen LogP contribution is -2.49. The summed E-state index contributed by atoms with van der Waals surface area (Å²) in [7, 11) is 0. The van der Waals surface area contributed by atoms with Crippen LogP contribution in [0, 0.1) is 5.92 Å². The number of carbonyl (C=O) groups excluding carboxylic acids is 1. The number of hydrogen-bond acceptors (Lipinski definition) is 7. The van der Waals surface area contributed by atoms with Gasteiger partial charge < -0.3 is 4.57 Å². The molecule has 2 aromatic heterocycles. The third-order valence-corrected chi connectivity index (χ3v) is 6.81. The van der Waals surface area contributed by atoms with Gasteiger partial charge in [0.15, 0.2) is 0 Å². The van der Waals surface area contributed by atoms with Crippen LogP contribution in [0.5, 0.6) is 0 Å². The average molecular weight is 406 g/mol. The van der Waals surface area contributed by atoms with E-state index in [4.69, 9.17) is 0 Å². The minimum Gasteiger partial charge on any atom is -0.312 e. The molecule has 1 saturated heterocycles. The highest BCUT2D eigenvalue weighted by atomic mass is 32.2. The maximum atomic E-state index is 12.4. The summed E-state index contributed by atoms with van der Waals surface area (Å²) in [5.74, 6) is 1.66. The van der Waals surface area contributed by atoms with Crippen molar-refractivity contribution in [1.29, 1.82) is 0 Å². The standard InChI is InChI=1S/C18H23N5O2S2/c1-2-6-26-18-20-17(27-21-18)19-15(24)11-22-8-12-7-13(10-22)14-4-3-5-16(25)23(14)9-12/h3-5,12-13H,2,6-11H2,1H3,(H,19,20,21,24). The zero-order valence-electron chi connectivity index (χ0n) is 15.3.